The normalized spacial score (nSPS) is 13.3. The molecule has 0 radical (unpaired) electrons. The molecule has 0 aromatic heterocycles. The summed E-state index contributed by atoms with van der Waals surface area (Å²) in [5.41, 5.74) is 0. The van der Waals surface area contributed by atoms with E-state index in [2.05, 4.69) is 5.32 Å². The number of carbonyl (C=O) groups excluding carboxylic acids is 1. The predicted molar refractivity (Wildman–Crippen MR) is 75.9 cm³/mol. The van der Waals surface area contributed by atoms with Gasteiger partial charge in [0.15, 0.2) is 9.84 Å². The van der Waals surface area contributed by atoms with E-state index in [4.69, 9.17) is 4.74 Å². The Morgan fingerprint density at radius 3 is 2.47 bits per heavy atom. The van der Waals surface area contributed by atoms with Gasteiger partial charge in [-0.05, 0) is 13.8 Å². The van der Waals surface area contributed by atoms with Gasteiger partial charge in [0, 0.05) is 32.0 Å². The average molecular weight is 294 g/mol. The number of hydrogen-bond donors (Lipinski definition) is 1. The molecule has 1 amide bonds. The summed E-state index contributed by atoms with van der Waals surface area (Å²) in [5.74, 6) is 0.0356. The van der Waals surface area contributed by atoms with Crippen LogP contribution < -0.4 is 5.32 Å². The Morgan fingerprint density at radius 1 is 1.37 bits per heavy atom. The number of methoxy groups -OCH3 is 1. The molecule has 7 heteroatoms. The van der Waals surface area contributed by atoms with E-state index >= 15 is 0 Å². The van der Waals surface area contributed by atoms with Crippen LogP contribution in [0, 0.1) is 0 Å². The van der Waals surface area contributed by atoms with Crippen molar-refractivity contribution in [1.82, 2.24) is 10.2 Å². The smallest absolute Gasteiger partial charge is 0.236 e. The first kappa shape index (κ1) is 18.3. The molecule has 1 unspecified atom stereocenters. The van der Waals surface area contributed by atoms with Crippen molar-refractivity contribution in [2.75, 3.05) is 44.9 Å². The Kier molecular flexibility index (Phi) is 8.95. The molecular weight excluding hydrogens is 268 g/mol. The Balaban J connectivity index is 4.34. The van der Waals surface area contributed by atoms with Gasteiger partial charge in [0.25, 0.3) is 0 Å². The fraction of sp³-hybridized carbons (Fsp3) is 0.917. The summed E-state index contributed by atoms with van der Waals surface area (Å²) in [6.45, 7) is 7.08. The fourth-order valence-corrected chi connectivity index (χ4v) is 2.93. The standard InChI is InChI=1S/C12H26N2O4S/c1-5-14(11(3)10-19(16,17)6-2)12(15)9-13-7-8-18-4/h11,13H,5-10H2,1-4H3. The van der Waals surface area contributed by atoms with Gasteiger partial charge in [-0.25, -0.2) is 8.42 Å². The molecule has 0 aromatic rings. The highest BCUT2D eigenvalue weighted by atomic mass is 32.2. The number of rotatable bonds is 10. The third kappa shape index (κ3) is 7.49. The topological polar surface area (TPSA) is 75.7 Å². The van der Waals surface area contributed by atoms with E-state index in [-0.39, 0.29) is 30.0 Å². The molecule has 1 N–H and O–H groups in total. The molecule has 0 aliphatic carbocycles. The van der Waals surface area contributed by atoms with Gasteiger partial charge in [-0.2, -0.15) is 0 Å². The Morgan fingerprint density at radius 2 is 2.00 bits per heavy atom. The number of nitrogens with zero attached hydrogens (tertiary/aromatic N) is 1. The van der Waals surface area contributed by atoms with Crippen LogP contribution in [0.4, 0.5) is 0 Å². The van der Waals surface area contributed by atoms with E-state index in [1.807, 2.05) is 6.92 Å². The number of nitrogens with one attached hydrogen (secondary N) is 1. The summed E-state index contributed by atoms with van der Waals surface area (Å²) in [7, 11) is -1.47. The van der Waals surface area contributed by atoms with Crippen LogP contribution in [0.5, 0.6) is 0 Å². The lowest BCUT2D eigenvalue weighted by Crippen LogP contribution is -2.46. The summed E-state index contributed by atoms with van der Waals surface area (Å²) >= 11 is 0. The SMILES string of the molecule is CCN(C(=O)CNCCOC)C(C)CS(=O)(=O)CC. The molecule has 0 bridgehead atoms. The van der Waals surface area contributed by atoms with E-state index in [0.29, 0.717) is 19.7 Å². The van der Waals surface area contributed by atoms with Gasteiger partial charge in [-0.3, -0.25) is 4.79 Å². The zero-order valence-corrected chi connectivity index (χ0v) is 13.1. The Hall–Kier alpha value is -0.660. The van der Waals surface area contributed by atoms with Crippen molar-refractivity contribution in [3.05, 3.63) is 0 Å². The number of sulfone groups is 1. The van der Waals surface area contributed by atoms with Crippen molar-refractivity contribution in [1.29, 1.82) is 0 Å². The molecule has 0 saturated heterocycles. The molecule has 0 heterocycles. The van der Waals surface area contributed by atoms with Gasteiger partial charge in [0.05, 0.1) is 18.9 Å². The van der Waals surface area contributed by atoms with E-state index in [0.717, 1.165) is 0 Å². The van der Waals surface area contributed by atoms with Gasteiger partial charge in [-0.1, -0.05) is 6.92 Å². The summed E-state index contributed by atoms with van der Waals surface area (Å²) in [6.07, 6.45) is 0. The molecule has 0 aliphatic heterocycles. The lowest BCUT2D eigenvalue weighted by molar-refractivity contribution is -0.131. The van der Waals surface area contributed by atoms with Crippen molar-refractivity contribution in [2.24, 2.45) is 0 Å². The van der Waals surface area contributed by atoms with Gasteiger partial charge in [-0.15, -0.1) is 0 Å². The minimum Gasteiger partial charge on any atom is -0.383 e. The van der Waals surface area contributed by atoms with Crippen LogP contribution in [0.15, 0.2) is 0 Å². The Labute approximate surface area is 116 Å². The number of likely N-dealkylation sites (N-methyl/N-ethyl adjacent to an activating group) is 1. The maximum Gasteiger partial charge on any atom is 0.236 e. The highest BCUT2D eigenvalue weighted by Crippen LogP contribution is 2.04. The zero-order chi connectivity index (χ0) is 14.9. The molecule has 1 atom stereocenters. The largest absolute Gasteiger partial charge is 0.383 e. The van der Waals surface area contributed by atoms with Crippen LogP contribution in [0.25, 0.3) is 0 Å². The summed E-state index contributed by atoms with van der Waals surface area (Å²) < 4.78 is 28.0. The molecule has 6 nitrogen and oxygen atoms in total. The van der Waals surface area contributed by atoms with Gasteiger partial charge in [0.2, 0.25) is 5.91 Å². The van der Waals surface area contributed by atoms with Crippen molar-refractivity contribution < 1.29 is 17.9 Å². The molecule has 0 rings (SSSR count). The average Bonchev–Trinajstić information content (AvgIpc) is 2.35. The third-order valence-corrected chi connectivity index (χ3v) is 4.76. The summed E-state index contributed by atoms with van der Waals surface area (Å²) in [5, 5.41) is 2.97. The van der Waals surface area contributed by atoms with Crippen LogP contribution in [-0.2, 0) is 19.4 Å². The van der Waals surface area contributed by atoms with Crippen molar-refractivity contribution in [3.8, 4) is 0 Å². The van der Waals surface area contributed by atoms with Crippen LogP contribution in [0.2, 0.25) is 0 Å². The molecule has 0 aliphatic rings. The second-order valence-corrected chi connectivity index (χ2v) is 6.80. The van der Waals surface area contributed by atoms with Crippen LogP contribution in [0.1, 0.15) is 20.8 Å². The fourth-order valence-electron chi connectivity index (χ4n) is 1.78. The minimum absolute atomic E-state index is 0.0150. The van der Waals surface area contributed by atoms with Gasteiger partial charge >= 0.3 is 0 Å². The molecule has 0 spiro atoms. The predicted octanol–water partition coefficient (Wildman–Crippen LogP) is -0.106. The molecule has 114 valence electrons. The Bertz CT molecular complexity index is 357. The van der Waals surface area contributed by atoms with E-state index in [1.165, 1.54) is 0 Å². The number of amides is 1. The first-order chi connectivity index (χ1) is 8.87. The highest BCUT2D eigenvalue weighted by Gasteiger charge is 2.22. The maximum atomic E-state index is 12.0. The van der Waals surface area contributed by atoms with Crippen molar-refractivity contribution in [2.45, 2.75) is 26.8 Å². The number of hydrogen-bond acceptors (Lipinski definition) is 5. The van der Waals surface area contributed by atoms with Crippen LogP contribution >= 0.6 is 0 Å². The molecular formula is C12H26N2O4S. The monoisotopic (exact) mass is 294 g/mol. The number of ether oxygens (including phenoxy) is 1. The lowest BCUT2D eigenvalue weighted by atomic mass is 10.3. The summed E-state index contributed by atoms with van der Waals surface area (Å²) in [4.78, 5) is 13.6. The van der Waals surface area contributed by atoms with Gasteiger partial charge in [0.1, 0.15) is 0 Å². The van der Waals surface area contributed by atoms with Crippen molar-refractivity contribution >= 4 is 15.7 Å². The van der Waals surface area contributed by atoms with Gasteiger partial charge < -0.3 is 15.0 Å². The maximum absolute atomic E-state index is 12.0. The van der Waals surface area contributed by atoms with E-state index in [1.54, 1.807) is 25.9 Å². The van der Waals surface area contributed by atoms with Crippen LogP contribution in [0.3, 0.4) is 0 Å². The third-order valence-electron chi connectivity index (χ3n) is 2.89. The quantitative estimate of drug-likeness (QED) is 0.569. The molecule has 19 heavy (non-hydrogen) atoms. The second kappa shape index (κ2) is 9.28. The number of carbonyl (C=O) groups is 1. The molecule has 0 aromatic carbocycles. The van der Waals surface area contributed by atoms with Crippen LogP contribution in [-0.4, -0.2) is 70.1 Å². The first-order valence-electron chi connectivity index (χ1n) is 6.57. The molecule has 0 fully saturated rings. The lowest BCUT2D eigenvalue weighted by Gasteiger charge is -2.28. The highest BCUT2D eigenvalue weighted by molar-refractivity contribution is 7.91. The van der Waals surface area contributed by atoms with E-state index in [9.17, 15) is 13.2 Å². The second-order valence-electron chi connectivity index (χ2n) is 4.40. The minimum atomic E-state index is -3.07. The van der Waals surface area contributed by atoms with Crippen molar-refractivity contribution in [3.63, 3.8) is 0 Å². The summed E-state index contributed by atoms with van der Waals surface area (Å²) in [6, 6.07) is -0.299. The molecule has 0 saturated carbocycles. The first-order valence-corrected chi connectivity index (χ1v) is 8.39. The zero-order valence-electron chi connectivity index (χ0n) is 12.3. The van der Waals surface area contributed by atoms with E-state index < -0.39 is 9.84 Å².